The predicted molar refractivity (Wildman–Crippen MR) is 106 cm³/mol. The number of hydrogen-bond donors (Lipinski definition) is 1. The van der Waals surface area contributed by atoms with E-state index in [9.17, 15) is 8.42 Å². The molecule has 0 saturated heterocycles. The quantitative estimate of drug-likeness (QED) is 0.587. The van der Waals surface area contributed by atoms with Crippen LogP contribution in [0.5, 0.6) is 0 Å². The minimum atomic E-state index is -3.22. The van der Waals surface area contributed by atoms with E-state index in [1.54, 1.807) is 0 Å². The summed E-state index contributed by atoms with van der Waals surface area (Å²) in [5.74, 6) is 1.12. The van der Waals surface area contributed by atoms with Crippen LogP contribution in [0.15, 0.2) is 54.6 Å². The molecule has 1 heterocycles. The number of rotatable bonds is 9. The summed E-state index contributed by atoms with van der Waals surface area (Å²) in [5, 5.41) is 0. The normalized spacial score (nSPS) is 11.9. The second kappa shape index (κ2) is 8.47. The van der Waals surface area contributed by atoms with Crippen molar-refractivity contribution in [3.8, 4) is 0 Å². The summed E-state index contributed by atoms with van der Waals surface area (Å²) < 4.78 is 29.1. The fourth-order valence-corrected chi connectivity index (χ4v) is 4.25. The van der Waals surface area contributed by atoms with Crippen molar-refractivity contribution < 1.29 is 8.42 Å². The molecule has 6 heteroatoms. The second-order valence-electron chi connectivity index (χ2n) is 6.46. The van der Waals surface area contributed by atoms with Gasteiger partial charge in [-0.2, -0.15) is 0 Å². The highest BCUT2D eigenvalue weighted by Crippen LogP contribution is 2.15. The third-order valence-corrected chi connectivity index (χ3v) is 5.92. The summed E-state index contributed by atoms with van der Waals surface area (Å²) in [6.07, 6.45) is 2.14. The third-order valence-electron chi connectivity index (χ3n) is 4.45. The van der Waals surface area contributed by atoms with Crippen LogP contribution in [0.3, 0.4) is 0 Å². The van der Waals surface area contributed by atoms with Crippen molar-refractivity contribution in [2.24, 2.45) is 0 Å². The van der Waals surface area contributed by atoms with Gasteiger partial charge in [0, 0.05) is 13.1 Å². The first-order valence-corrected chi connectivity index (χ1v) is 10.6. The minimum Gasteiger partial charge on any atom is -0.328 e. The van der Waals surface area contributed by atoms with Crippen LogP contribution in [-0.2, 0) is 23.0 Å². The number of nitrogens with zero attached hydrogens (tertiary/aromatic N) is 2. The van der Waals surface area contributed by atoms with Gasteiger partial charge in [-0.25, -0.2) is 18.1 Å². The van der Waals surface area contributed by atoms with Gasteiger partial charge in [0.1, 0.15) is 5.82 Å². The molecule has 0 bridgehead atoms. The Kier molecular flexibility index (Phi) is 6.06. The van der Waals surface area contributed by atoms with E-state index in [2.05, 4.69) is 14.3 Å². The number of aromatic nitrogens is 2. The Morgan fingerprint density at radius 2 is 1.73 bits per heavy atom. The van der Waals surface area contributed by atoms with Crippen LogP contribution in [0.1, 0.15) is 24.2 Å². The number of fused-ring (bicyclic) bond motifs is 1. The van der Waals surface area contributed by atoms with E-state index in [1.165, 1.54) is 5.56 Å². The molecule has 2 aromatic carbocycles. The lowest BCUT2D eigenvalue weighted by atomic mass is 10.1. The van der Waals surface area contributed by atoms with Crippen molar-refractivity contribution in [2.75, 3.05) is 12.3 Å². The average Bonchev–Trinajstić information content (AvgIpc) is 2.95. The van der Waals surface area contributed by atoms with Gasteiger partial charge in [-0.1, -0.05) is 42.5 Å². The average molecular weight is 372 g/mol. The van der Waals surface area contributed by atoms with Crippen molar-refractivity contribution in [3.05, 3.63) is 66.0 Å². The lowest BCUT2D eigenvalue weighted by Crippen LogP contribution is -2.28. The van der Waals surface area contributed by atoms with Gasteiger partial charge < -0.3 is 4.57 Å². The highest BCUT2D eigenvalue weighted by molar-refractivity contribution is 7.89. The molecule has 0 aliphatic rings. The molecule has 0 atom stereocenters. The molecule has 0 fully saturated rings. The molecule has 0 amide bonds. The zero-order chi connectivity index (χ0) is 18.4. The molecule has 0 radical (unpaired) electrons. The molecule has 0 aliphatic heterocycles. The summed E-state index contributed by atoms with van der Waals surface area (Å²) in [6.45, 7) is 3.17. The van der Waals surface area contributed by atoms with E-state index in [-0.39, 0.29) is 5.75 Å². The maximum atomic E-state index is 12.1. The van der Waals surface area contributed by atoms with Crippen LogP contribution in [0.2, 0.25) is 0 Å². The molecule has 26 heavy (non-hydrogen) atoms. The zero-order valence-electron chi connectivity index (χ0n) is 15.1. The van der Waals surface area contributed by atoms with E-state index in [0.29, 0.717) is 13.0 Å². The molecule has 138 valence electrons. The summed E-state index contributed by atoms with van der Waals surface area (Å²) >= 11 is 0. The van der Waals surface area contributed by atoms with Crippen LogP contribution in [-0.4, -0.2) is 30.3 Å². The second-order valence-corrected chi connectivity index (χ2v) is 8.38. The van der Waals surface area contributed by atoms with Crippen LogP contribution in [0.25, 0.3) is 11.0 Å². The molecule has 1 N–H and O–H groups in total. The highest BCUT2D eigenvalue weighted by Gasteiger charge is 2.10. The number of hydrogen-bond acceptors (Lipinski definition) is 3. The largest absolute Gasteiger partial charge is 0.328 e. The number of benzene rings is 2. The summed E-state index contributed by atoms with van der Waals surface area (Å²) in [4.78, 5) is 4.53. The molecule has 0 spiro atoms. The molecule has 0 aliphatic carbocycles. The number of sulfonamides is 1. The topological polar surface area (TPSA) is 64.0 Å². The first-order chi connectivity index (χ1) is 12.6. The first-order valence-electron chi connectivity index (χ1n) is 8.98. The number of imidazole rings is 1. The van der Waals surface area contributed by atoms with Crippen LogP contribution in [0, 0.1) is 6.92 Å². The molecular formula is C20H25N3O2S. The minimum absolute atomic E-state index is 0.162. The van der Waals surface area contributed by atoms with E-state index in [4.69, 9.17) is 0 Å². The van der Waals surface area contributed by atoms with Crippen LogP contribution in [0.4, 0.5) is 0 Å². The zero-order valence-corrected chi connectivity index (χ0v) is 15.9. The molecule has 0 unspecified atom stereocenters. The Morgan fingerprint density at radius 1 is 1.00 bits per heavy atom. The van der Waals surface area contributed by atoms with Gasteiger partial charge in [-0.15, -0.1) is 0 Å². The fourth-order valence-electron chi connectivity index (χ4n) is 3.13. The number of nitrogens with one attached hydrogen (secondary N) is 1. The van der Waals surface area contributed by atoms with Gasteiger partial charge in [0.05, 0.1) is 16.8 Å². The smallest absolute Gasteiger partial charge is 0.211 e. The van der Waals surface area contributed by atoms with Crippen LogP contribution < -0.4 is 4.72 Å². The Morgan fingerprint density at radius 3 is 2.54 bits per heavy atom. The van der Waals surface area contributed by atoms with E-state index in [1.807, 2.05) is 61.5 Å². The Balaban J connectivity index is 1.44. The van der Waals surface area contributed by atoms with Gasteiger partial charge in [0.2, 0.25) is 10.0 Å². The molecule has 5 nitrogen and oxygen atoms in total. The SMILES string of the molecule is Cc1nc2ccccc2n1CCCNS(=O)(=O)CCCc1ccccc1. The van der Waals surface area contributed by atoms with E-state index < -0.39 is 10.0 Å². The fraction of sp³-hybridized carbons (Fsp3) is 0.350. The van der Waals surface area contributed by atoms with Gasteiger partial charge >= 0.3 is 0 Å². The lowest BCUT2D eigenvalue weighted by molar-refractivity contribution is 0.567. The van der Waals surface area contributed by atoms with Crippen molar-refractivity contribution >= 4 is 21.1 Å². The number of para-hydroxylation sites is 2. The Hall–Kier alpha value is -2.18. The van der Waals surface area contributed by atoms with Gasteiger partial charge in [0.25, 0.3) is 0 Å². The van der Waals surface area contributed by atoms with E-state index in [0.717, 1.165) is 36.2 Å². The monoisotopic (exact) mass is 371 g/mol. The summed E-state index contributed by atoms with van der Waals surface area (Å²) in [5.41, 5.74) is 3.24. The number of aryl methyl sites for hydroxylation is 3. The molecule has 3 aromatic rings. The first kappa shape index (κ1) is 18.6. The van der Waals surface area contributed by atoms with Crippen LogP contribution >= 0.6 is 0 Å². The van der Waals surface area contributed by atoms with E-state index >= 15 is 0 Å². The van der Waals surface area contributed by atoms with Crippen molar-refractivity contribution in [3.63, 3.8) is 0 Å². The van der Waals surface area contributed by atoms with Crippen molar-refractivity contribution in [2.45, 2.75) is 32.7 Å². The molecule has 0 saturated carbocycles. The summed E-state index contributed by atoms with van der Waals surface area (Å²) in [7, 11) is -3.22. The molecular weight excluding hydrogens is 346 g/mol. The van der Waals surface area contributed by atoms with Gasteiger partial charge in [-0.05, 0) is 43.9 Å². The highest BCUT2D eigenvalue weighted by atomic mass is 32.2. The third kappa shape index (κ3) is 4.93. The lowest BCUT2D eigenvalue weighted by Gasteiger charge is -2.09. The Bertz CT molecular complexity index is 950. The Labute approximate surface area is 155 Å². The van der Waals surface area contributed by atoms with Gasteiger partial charge in [-0.3, -0.25) is 0 Å². The summed E-state index contributed by atoms with van der Waals surface area (Å²) in [6, 6.07) is 18.0. The molecule has 3 rings (SSSR count). The molecule has 1 aromatic heterocycles. The standard InChI is InChI=1S/C20H25N3O2S/c1-17-22-19-12-5-6-13-20(19)23(17)15-8-14-21-26(24,25)16-7-11-18-9-3-2-4-10-18/h2-6,9-10,12-13,21H,7-8,11,14-16H2,1H3. The maximum Gasteiger partial charge on any atom is 0.211 e. The van der Waals surface area contributed by atoms with Crippen molar-refractivity contribution in [1.82, 2.24) is 14.3 Å². The van der Waals surface area contributed by atoms with Crippen molar-refractivity contribution in [1.29, 1.82) is 0 Å². The predicted octanol–water partition coefficient (Wildman–Crippen LogP) is 3.29. The maximum absolute atomic E-state index is 12.1. The van der Waals surface area contributed by atoms with Gasteiger partial charge in [0.15, 0.2) is 0 Å².